The summed E-state index contributed by atoms with van der Waals surface area (Å²) in [7, 11) is 1.80. The van der Waals surface area contributed by atoms with Gasteiger partial charge in [-0.25, -0.2) is 23.2 Å². The van der Waals surface area contributed by atoms with Gasteiger partial charge in [0.05, 0.1) is 16.7 Å². The monoisotopic (exact) mass is 406 g/mol. The van der Waals surface area contributed by atoms with Crippen LogP contribution >= 0.6 is 0 Å². The van der Waals surface area contributed by atoms with E-state index in [9.17, 15) is 13.6 Å². The number of benzene rings is 2. The number of halogens is 2. The van der Waals surface area contributed by atoms with E-state index in [0.29, 0.717) is 40.5 Å². The molecule has 0 aliphatic rings. The van der Waals surface area contributed by atoms with Crippen LogP contribution in [0.5, 0.6) is 0 Å². The summed E-state index contributed by atoms with van der Waals surface area (Å²) < 4.78 is 33.8. The molecule has 0 aliphatic carbocycles. The van der Waals surface area contributed by atoms with Crippen molar-refractivity contribution in [3.63, 3.8) is 0 Å². The van der Waals surface area contributed by atoms with Crippen molar-refractivity contribution >= 4 is 21.8 Å². The zero-order chi connectivity index (χ0) is 21.0. The Hall–Kier alpha value is -3.68. The van der Waals surface area contributed by atoms with Gasteiger partial charge in [-0.2, -0.15) is 5.10 Å². The molecule has 30 heavy (non-hydrogen) atoms. The maximum atomic E-state index is 14.7. The highest BCUT2D eigenvalue weighted by Crippen LogP contribution is 2.33. The molecule has 5 rings (SSSR count). The average Bonchev–Trinajstić information content (AvgIpc) is 3.36. The average molecular weight is 406 g/mol. The summed E-state index contributed by atoms with van der Waals surface area (Å²) in [6, 6.07) is 9.24. The third-order valence-electron chi connectivity index (χ3n) is 5.34. The predicted octanol–water partition coefficient (Wildman–Crippen LogP) is 4.18. The Balaban J connectivity index is 1.84. The lowest BCUT2D eigenvalue weighted by Crippen LogP contribution is -2.15. The molecule has 0 saturated heterocycles. The van der Waals surface area contributed by atoms with Crippen LogP contribution in [0.25, 0.3) is 38.9 Å². The minimum absolute atomic E-state index is 0.258. The van der Waals surface area contributed by atoms with Gasteiger partial charge in [0.15, 0.2) is 5.82 Å². The molecule has 1 radical (unpaired) electrons. The van der Waals surface area contributed by atoms with E-state index >= 15 is 0 Å². The molecular weight excluding hydrogens is 388 g/mol. The van der Waals surface area contributed by atoms with Crippen LogP contribution in [0.2, 0.25) is 0 Å². The molecule has 0 aliphatic heterocycles. The Morgan fingerprint density at radius 2 is 1.97 bits per heavy atom. The maximum Gasteiger partial charge on any atom is 0.348 e. The Morgan fingerprint density at radius 1 is 1.13 bits per heavy atom. The highest BCUT2D eigenvalue weighted by Gasteiger charge is 2.22. The smallest absolute Gasteiger partial charge is 0.348 e. The first-order valence-corrected chi connectivity index (χ1v) is 9.49. The highest BCUT2D eigenvalue weighted by atomic mass is 19.1. The van der Waals surface area contributed by atoms with E-state index in [-0.39, 0.29) is 5.82 Å². The normalized spacial score (nSPS) is 11.7. The number of rotatable bonds is 4. The van der Waals surface area contributed by atoms with Crippen molar-refractivity contribution < 1.29 is 8.78 Å². The van der Waals surface area contributed by atoms with Gasteiger partial charge >= 0.3 is 5.69 Å². The summed E-state index contributed by atoms with van der Waals surface area (Å²) in [5.74, 6) is -0.560. The molecule has 0 atom stereocenters. The van der Waals surface area contributed by atoms with Crippen LogP contribution in [0.3, 0.4) is 0 Å². The first-order chi connectivity index (χ1) is 14.5. The van der Waals surface area contributed by atoms with Crippen molar-refractivity contribution in [2.24, 2.45) is 7.05 Å². The van der Waals surface area contributed by atoms with Gasteiger partial charge in [-0.15, -0.1) is 0 Å². The zero-order valence-electron chi connectivity index (χ0n) is 16.2. The predicted molar refractivity (Wildman–Crippen MR) is 111 cm³/mol. The molecule has 2 aromatic carbocycles. The fourth-order valence-electron chi connectivity index (χ4n) is 4.06. The van der Waals surface area contributed by atoms with Crippen molar-refractivity contribution in [1.29, 1.82) is 0 Å². The lowest BCUT2D eigenvalue weighted by atomic mass is 10.1. The maximum absolute atomic E-state index is 14.7. The third kappa shape index (κ3) is 2.60. The first-order valence-electron chi connectivity index (χ1n) is 9.49. The number of aryl methyl sites for hydroxylation is 2. The summed E-state index contributed by atoms with van der Waals surface area (Å²) in [4.78, 5) is 12.8. The van der Waals surface area contributed by atoms with E-state index in [1.807, 2.05) is 4.57 Å². The molecule has 3 aromatic heterocycles. The van der Waals surface area contributed by atoms with Crippen molar-refractivity contribution in [3.05, 3.63) is 77.8 Å². The van der Waals surface area contributed by atoms with E-state index in [4.69, 9.17) is 0 Å². The third-order valence-corrected chi connectivity index (χ3v) is 5.34. The van der Waals surface area contributed by atoms with Crippen LogP contribution in [0.1, 0.15) is 6.42 Å². The number of aromatic nitrogens is 5. The fraction of sp³-hybridized carbons (Fsp3) is 0.136. The van der Waals surface area contributed by atoms with Crippen LogP contribution in [0, 0.1) is 18.6 Å². The SMILES string of the molecule is [CH2]CCn1cc(-n2c(-c3cn(C)c4cccc(F)c34)n[nH]c2=O)c2cc(F)ccc21. The Labute approximate surface area is 170 Å². The van der Waals surface area contributed by atoms with E-state index in [2.05, 4.69) is 17.1 Å². The Morgan fingerprint density at radius 3 is 2.77 bits per heavy atom. The molecule has 0 fully saturated rings. The van der Waals surface area contributed by atoms with Crippen molar-refractivity contribution in [3.8, 4) is 17.1 Å². The zero-order valence-corrected chi connectivity index (χ0v) is 16.2. The van der Waals surface area contributed by atoms with Gasteiger partial charge in [0.1, 0.15) is 11.6 Å². The summed E-state index contributed by atoms with van der Waals surface area (Å²) in [6.45, 7) is 4.48. The van der Waals surface area contributed by atoms with Crippen LogP contribution < -0.4 is 5.69 Å². The van der Waals surface area contributed by atoms with E-state index < -0.39 is 17.3 Å². The number of nitrogens with zero attached hydrogens (tertiary/aromatic N) is 4. The Bertz CT molecular complexity index is 1470. The number of fused-ring (bicyclic) bond motifs is 2. The highest BCUT2D eigenvalue weighted by molar-refractivity contribution is 5.96. The van der Waals surface area contributed by atoms with Gasteiger partial charge < -0.3 is 9.13 Å². The Kier molecular flexibility index (Phi) is 4.09. The standard InChI is InChI=1S/C22H18F2N5O/c1-3-9-28-12-19(14-10-13(23)7-8-17(14)28)29-21(25-26-22(29)30)15-11-27(2)18-6-4-5-16(24)20(15)18/h4-8,10-12H,1,3,9H2,2H3,(H,26,30). The number of aromatic amines is 1. The van der Waals surface area contributed by atoms with Gasteiger partial charge in [-0.1, -0.05) is 13.0 Å². The second-order valence-electron chi connectivity index (χ2n) is 7.20. The number of hydrogen-bond acceptors (Lipinski definition) is 2. The molecule has 0 saturated carbocycles. The molecule has 0 spiro atoms. The van der Waals surface area contributed by atoms with E-state index in [0.717, 1.165) is 5.52 Å². The second kappa shape index (κ2) is 6.69. The number of H-pyrrole nitrogens is 1. The van der Waals surface area contributed by atoms with E-state index in [1.165, 1.54) is 22.8 Å². The molecule has 0 amide bonds. The quantitative estimate of drug-likeness (QED) is 0.487. The molecule has 151 valence electrons. The number of nitrogens with one attached hydrogen (secondary N) is 1. The molecule has 8 heteroatoms. The fourth-order valence-corrected chi connectivity index (χ4v) is 4.06. The molecule has 6 nitrogen and oxygen atoms in total. The second-order valence-corrected chi connectivity index (χ2v) is 7.20. The van der Waals surface area contributed by atoms with Crippen LogP contribution in [-0.2, 0) is 13.6 Å². The van der Waals surface area contributed by atoms with Crippen LogP contribution in [-0.4, -0.2) is 23.9 Å². The van der Waals surface area contributed by atoms with Gasteiger partial charge in [0, 0.05) is 42.3 Å². The van der Waals surface area contributed by atoms with Crippen molar-refractivity contribution in [1.82, 2.24) is 23.9 Å². The summed E-state index contributed by atoms with van der Waals surface area (Å²) in [5.41, 5.74) is 1.91. The molecule has 0 bridgehead atoms. The van der Waals surface area contributed by atoms with Gasteiger partial charge in [-0.3, -0.25) is 0 Å². The molecule has 5 aromatic rings. The molecule has 3 heterocycles. The minimum atomic E-state index is -0.490. The summed E-state index contributed by atoms with van der Waals surface area (Å²) in [6.07, 6.45) is 4.13. The van der Waals surface area contributed by atoms with E-state index in [1.54, 1.807) is 42.2 Å². The largest absolute Gasteiger partial charge is 0.350 e. The molecule has 0 unspecified atom stereocenters. The first kappa shape index (κ1) is 18.4. The molecule has 1 N–H and O–H groups in total. The minimum Gasteiger partial charge on any atom is -0.350 e. The molecular formula is C22H18F2N5O. The van der Waals surface area contributed by atoms with Crippen LogP contribution in [0.4, 0.5) is 8.78 Å². The lowest BCUT2D eigenvalue weighted by Gasteiger charge is -2.04. The lowest BCUT2D eigenvalue weighted by molar-refractivity contribution is 0.629. The topological polar surface area (TPSA) is 60.5 Å². The van der Waals surface area contributed by atoms with Gasteiger partial charge in [0.2, 0.25) is 0 Å². The van der Waals surface area contributed by atoms with Crippen LogP contribution in [0.15, 0.2) is 53.6 Å². The number of hydrogen-bond donors (Lipinski definition) is 1. The van der Waals surface area contributed by atoms with Gasteiger partial charge in [0.25, 0.3) is 0 Å². The summed E-state index contributed by atoms with van der Waals surface area (Å²) in [5, 5.41) is 7.57. The van der Waals surface area contributed by atoms with Gasteiger partial charge in [-0.05, 0) is 36.8 Å². The summed E-state index contributed by atoms with van der Waals surface area (Å²) >= 11 is 0. The van der Waals surface area contributed by atoms with Crippen molar-refractivity contribution in [2.45, 2.75) is 13.0 Å². The van der Waals surface area contributed by atoms with Crippen molar-refractivity contribution in [2.75, 3.05) is 0 Å².